The Morgan fingerprint density at radius 1 is 1.10 bits per heavy atom. The second-order valence-corrected chi connectivity index (χ2v) is 7.63. The third-order valence-electron chi connectivity index (χ3n) is 5.31. The number of rotatable bonds is 5. The summed E-state index contributed by atoms with van der Waals surface area (Å²) in [6.07, 6.45) is -4.50. The quantitative estimate of drug-likeness (QED) is 0.611. The van der Waals surface area contributed by atoms with E-state index in [4.69, 9.17) is 4.74 Å². The smallest absolute Gasteiger partial charge is 0.269 e. The van der Waals surface area contributed by atoms with Crippen molar-refractivity contribution in [3.05, 3.63) is 46.7 Å². The molecule has 0 radical (unpaired) electrons. The van der Waals surface area contributed by atoms with Gasteiger partial charge < -0.3 is 9.64 Å². The summed E-state index contributed by atoms with van der Waals surface area (Å²) in [4.78, 5) is 23.9. The molecule has 1 unspecified atom stereocenters. The Labute approximate surface area is 177 Å². The van der Waals surface area contributed by atoms with Crippen molar-refractivity contribution in [1.29, 1.82) is 0 Å². The topological polar surface area (TPSA) is 76.9 Å². The van der Waals surface area contributed by atoms with Crippen molar-refractivity contribution in [2.24, 2.45) is 0 Å². The van der Waals surface area contributed by atoms with Crippen LogP contribution in [0.4, 0.5) is 19.1 Å². The summed E-state index contributed by atoms with van der Waals surface area (Å²) < 4.78 is 45.6. The van der Waals surface area contributed by atoms with E-state index in [0.29, 0.717) is 37.0 Å². The minimum absolute atomic E-state index is 0.131. The third kappa shape index (κ3) is 4.58. The number of alkyl halides is 3. The molecule has 4 rings (SSSR count). The number of ether oxygens (including phenoxy) is 1. The van der Waals surface area contributed by atoms with Gasteiger partial charge in [-0.05, 0) is 38.5 Å². The summed E-state index contributed by atoms with van der Waals surface area (Å²) in [5, 5.41) is 0. The molecule has 31 heavy (non-hydrogen) atoms. The Morgan fingerprint density at radius 3 is 2.61 bits per heavy atom. The number of aromatic nitrogens is 5. The monoisotopic (exact) mass is 432 g/mol. The van der Waals surface area contributed by atoms with Gasteiger partial charge in [0, 0.05) is 24.9 Å². The van der Waals surface area contributed by atoms with Crippen molar-refractivity contribution in [1.82, 2.24) is 24.9 Å². The SMILES string of the molecule is Cc1cc([C@H]2CN(c3nc(CC(F)C(F)F)c4nc(C)c(C)nc4n3)CCO2)ccn1. The van der Waals surface area contributed by atoms with E-state index in [1.54, 1.807) is 20.0 Å². The molecule has 1 fully saturated rings. The Bertz CT molecular complexity index is 1100. The van der Waals surface area contributed by atoms with Gasteiger partial charge in [0.1, 0.15) is 11.6 Å². The lowest BCUT2D eigenvalue weighted by molar-refractivity contribution is 0.0391. The fourth-order valence-corrected chi connectivity index (χ4v) is 3.51. The highest BCUT2D eigenvalue weighted by atomic mass is 19.3. The first-order valence-electron chi connectivity index (χ1n) is 10.0. The van der Waals surface area contributed by atoms with Crippen LogP contribution in [0.1, 0.15) is 34.4 Å². The molecule has 0 amide bonds. The molecule has 3 aromatic rings. The predicted molar refractivity (Wildman–Crippen MR) is 109 cm³/mol. The van der Waals surface area contributed by atoms with Crippen molar-refractivity contribution in [2.75, 3.05) is 24.6 Å². The molecule has 7 nitrogen and oxygen atoms in total. The van der Waals surface area contributed by atoms with Crippen LogP contribution in [-0.2, 0) is 11.2 Å². The summed E-state index contributed by atoms with van der Waals surface area (Å²) in [6, 6.07) is 3.84. The number of morpholine rings is 1. The van der Waals surface area contributed by atoms with Gasteiger partial charge in [0.05, 0.1) is 30.2 Å². The lowest BCUT2D eigenvalue weighted by Crippen LogP contribution is -2.39. The molecular formula is C21H23F3N6O. The van der Waals surface area contributed by atoms with Crippen LogP contribution < -0.4 is 4.90 Å². The first kappa shape index (κ1) is 21.4. The van der Waals surface area contributed by atoms with Gasteiger partial charge in [0.2, 0.25) is 5.95 Å². The summed E-state index contributed by atoms with van der Waals surface area (Å²) in [5.74, 6) is 0.306. The van der Waals surface area contributed by atoms with E-state index in [-0.39, 0.29) is 23.0 Å². The number of hydrogen-bond donors (Lipinski definition) is 0. The molecule has 0 aromatic carbocycles. The minimum Gasteiger partial charge on any atom is -0.370 e. The fourth-order valence-electron chi connectivity index (χ4n) is 3.51. The summed E-state index contributed by atoms with van der Waals surface area (Å²) in [5.41, 5.74) is 3.80. The maximum absolute atomic E-state index is 13.9. The van der Waals surface area contributed by atoms with Gasteiger partial charge in [0.15, 0.2) is 11.8 Å². The second kappa shape index (κ2) is 8.70. The van der Waals surface area contributed by atoms with Crippen molar-refractivity contribution < 1.29 is 17.9 Å². The number of aryl methyl sites for hydroxylation is 3. The molecule has 10 heteroatoms. The van der Waals surface area contributed by atoms with E-state index >= 15 is 0 Å². The standard InChI is InChI=1S/C21H23F3N6O/c1-11-8-14(4-5-25-11)17-10-30(6-7-31-17)21-28-16(9-15(22)19(23)24)18-20(29-21)27-13(3)12(2)26-18/h4-5,8,15,17,19H,6-7,9-10H2,1-3H3/t15?,17-/m1/s1. The normalized spacial score (nSPS) is 18.0. The van der Waals surface area contributed by atoms with E-state index in [1.807, 2.05) is 24.0 Å². The zero-order chi connectivity index (χ0) is 22.1. The van der Waals surface area contributed by atoms with Crippen LogP contribution in [0.15, 0.2) is 18.3 Å². The fraction of sp³-hybridized carbons (Fsp3) is 0.476. The van der Waals surface area contributed by atoms with Gasteiger partial charge in [0.25, 0.3) is 6.43 Å². The molecule has 1 saturated heterocycles. The van der Waals surface area contributed by atoms with Gasteiger partial charge in [-0.2, -0.15) is 4.98 Å². The lowest BCUT2D eigenvalue weighted by atomic mass is 10.1. The van der Waals surface area contributed by atoms with E-state index in [9.17, 15) is 13.2 Å². The maximum Gasteiger partial charge on any atom is 0.269 e. The van der Waals surface area contributed by atoms with Crippen LogP contribution in [0.2, 0.25) is 0 Å². The Balaban J connectivity index is 1.71. The van der Waals surface area contributed by atoms with E-state index in [0.717, 1.165) is 11.3 Å². The number of fused-ring (bicyclic) bond motifs is 1. The minimum atomic E-state index is -3.10. The summed E-state index contributed by atoms with van der Waals surface area (Å²) in [6.45, 7) is 6.85. The molecule has 164 valence electrons. The molecule has 1 aliphatic heterocycles. The Hall–Kier alpha value is -2.88. The van der Waals surface area contributed by atoms with Gasteiger partial charge >= 0.3 is 0 Å². The highest BCUT2D eigenvalue weighted by Gasteiger charge is 2.27. The molecule has 0 aliphatic carbocycles. The zero-order valence-electron chi connectivity index (χ0n) is 17.5. The zero-order valence-corrected chi connectivity index (χ0v) is 17.5. The molecule has 0 N–H and O–H groups in total. The summed E-state index contributed by atoms with van der Waals surface area (Å²) >= 11 is 0. The van der Waals surface area contributed by atoms with Gasteiger partial charge in [-0.3, -0.25) is 4.98 Å². The molecule has 3 aromatic heterocycles. The highest BCUT2D eigenvalue weighted by molar-refractivity contribution is 5.74. The van der Waals surface area contributed by atoms with Crippen LogP contribution in [0.3, 0.4) is 0 Å². The van der Waals surface area contributed by atoms with Crippen LogP contribution in [-0.4, -0.2) is 57.2 Å². The molecule has 2 atom stereocenters. The summed E-state index contributed by atoms with van der Waals surface area (Å²) in [7, 11) is 0. The number of anilines is 1. The van der Waals surface area contributed by atoms with E-state index < -0.39 is 19.0 Å². The molecule has 0 bridgehead atoms. The predicted octanol–water partition coefficient (Wildman–Crippen LogP) is 3.46. The third-order valence-corrected chi connectivity index (χ3v) is 5.31. The van der Waals surface area contributed by atoms with Gasteiger partial charge in [-0.25, -0.2) is 28.1 Å². The highest BCUT2D eigenvalue weighted by Crippen LogP contribution is 2.27. The number of hydrogen-bond acceptors (Lipinski definition) is 7. The molecule has 1 aliphatic rings. The average Bonchev–Trinajstić information content (AvgIpc) is 2.75. The van der Waals surface area contributed by atoms with Gasteiger partial charge in [-0.15, -0.1) is 0 Å². The Kier molecular flexibility index (Phi) is 5.99. The van der Waals surface area contributed by atoms with Crippen molar-refractivity contribution in [2.45, 2.75) is 45.9 Å². The molecular weight excluding hydrogens is 409 g/mol. The van der Waals surface area contributed by atoms with Crippen LogP contribution in [0.25, 0.3) is 11.2 Å². The first-order valence-corrected chi connectivity index (χ1v) is 10.0. The number of halogens is 3. The van der Waals surface area contributed by atoms with E-state index in [1.165, 1.54) is 0 Å². The van der Waals surface area contributed by atoms with E-state index in [2.05, 4.69) is 24.9 Å². The lowest BCUT2D eigenvalue weighted by Gasteiger charge is -2.33. The largest absolute Gasteiger partial charge is 0.370 e. The second-order valence-electron chi connectivity index (χ2n) is 7.63. The molecule has 0 spiro atoms. The average molecular weight is 432 g/mol. The maximum atomic E-state index is 13.9. The first-order chi connectivity index (χ1) is 14.8. The van der Waals surface area contributed by atoms with Crippen molar-refractivity contribution in [3.8, 4) is 0 Å². The van der Waals surface area contributed by atoms with Crippen LogP contribution >= 0.6 is 0 Å². The van der Waals surface area contributed by atoms with Crippen LogP contribution in [0.5, 0.6) is 0 Å². The molecule has 4 heterocycles. The van der Waals surface area contributed by atoms with Crippen molar-refractivity contribution >= 4 is 17.1 Å². The van der Waals surface area contributed by atoms with Crippen LogP contribution in [0, 0.1) is 20.8 Å². The number of nitrogens with zero attached hydrogens (tertiary/aromatic N) is 6. The number of pyridine rings is 1. The molecule has 0 saturated carbocycles. The Morgan fingerprint density at radius 2 is 1.87 bits per heavy atom. The van der Waals surface area contributed by atoms with Gasteiger partial charge in [-0.1, -0.05) is 0 Å². The van der Waals surface area contributed by atoms with Crippen molar-refractivity contribution in [3.63, 3.8) is 0 Å².